The van der Waals surface area contributed by atoms with E-state index in [-0.39, 0.29) is 0 Å². The molecule has 0 radical (unpaired) electrons. The van der Waals surface area contributed by atoms with Crippen molar-refractivity contribution in [2.75, 3.05) is 0 Å². The number of rotatable bonds is 1. The van der Waals surface area contributed by atoms with Crippen LogP contribution in [0.15, 0.2) is 18.2 Å². The van der Waals surface area contributed by atoms with E-state index in [1.54, 1.807) is 12.1 Å². The molecular formula is C7H3ClFN3S. The normalized spacial score (nSPS) is 10.3. The Morgan fingerprint density at radius 1 is 1.31 bits per heavy atom. The maximum atomic E-state index is 12.7. The van der Waals surface area contributed by atoms with Crippen LogP contribution in [0.4, 0.5) is 4.39 Å². The van der Waals surface area contributed by atoms with Crippen molar-refractivity contribution in [2.45, 2.75) is 0 Å². The highest BCUT2D eigenvalue weighted by molar-refractivity contribution is 7.18. The molecule has 13 heavy (non-hydrogen) atoms. The topological polar surface area (TPSA) is 38.7 Å². The lowest BCUT2D eigenvalue weighted by Crippen LogP contribution is -1.85. The highest BCUT2D eigenvalue weighted by Gasteiger charge is 2.06. The van der Waals surface area contributed by atoms with Crippen molar-refractivity contribution in [1.29, 1.82) is 0 Å². The van der Waals surface area contributed by atoms with Gasteiger partial charge in [-0.15, -0.1) is 10.2 Å². The van der Waals surface area contributed by atoms with Crippen LogP contribution >= 0.6 is 22.9 Å². The van der Waals surface area contributed by atoms with E-state index in [4.69, 9.17) is 11.6 Å². The summed E-state index contributed by atoms with van der Waals surface area (Å²) in [5, 5.41) is 7.85. The number of hydrogen-bond acceptors (Lipinski definition) is 4. The van der Waals surface area contributed by atoms with E-state index in [1.807, 2.05) is 0 Å². The molecule has 66 valence electrons. The Labute approximate surface area is 82.2 Å². The van der Waals surface area contributed by atoms with E-state index in [2.05, 4.69) is 15.2 Å². The first kappa shape index (κ1) is 8.52. The second-order valence-corrected chi connectivity index (χ2v) is 3.77. The van der Waals surface area contributed by atoms with Crippen LogP contribution in [0, 0.1) is 5.95 Å². The molecule has 0 unspecified atom stereocenters. The van der Waals surface area contributed by atoms with Gasteiger partial charge in [0.05, 0.1) is 0 Å². The molecule has 0 bridgehead atoms. The highest BCUT2D eigenvalue weighted by atomic mass is 35.5. The molecule has 0 aliphatic carbocycles. The van der Waals surface area contributed by atoms with Crippen LogP contribution in [-0.2, 0) is 0 Å². The van der Waals surface area contributed by atoms with Crippen LogP contribution in [-0.4, -0.2) is 15.2 Å². The minimum atomic E-state index is -0.538. The third kappa shape index (κ3) is 1.81. The summed E-state index contributed by atoms with van der Waals surface area (Å²) in [5.41, 5.74) is 0.449. The highest BCUT2D eigenvalue weighted by Crippen LogP contribution is 2.24. The van der Waals surface area contributed by atoms with E-state index in [1.165, 1.54) is 6.07 Å². The Balaban J connectivity index is 2.46. The number of pyridine rings is 1. The first-order valence-electron chi connectivity index (χ1n) is 3.37. The maximum Gasteiger partial charge on any atom is 0.213 e. The Bertz CT molecular complexity index is 431. The van der Waals surface area contributed by atoms with Crippen molar-refractivity contribution in [1.82, 2.24) is 15.2 Å². The third-order valence-electron chi connectivity index (χ3n) is 1.33. The molecular weight excluding hydrogens is 213 g/mol. The summed E-state index contributed by atoms with van der Waals surface area (Å²) in [4.78, 5) is 3.64. The molecule has 0 N–H and O–H groups in total. The Morgan fingerprint density at radius 2 is 2.15 bits per heavy atom. The number of nitrogens with zero attached hydrogens (tertiary/aromatic N) is 3. The fraction of sp³-hybridized carbons (Fsp3) is 0. The molecule has 0 spiro atoms. The molecule has 6 heteroatoms. The minimum Gasteiger partial charge on any atom is -0.217 e. The van der Waals surface area contributed by atoms with E-state index >= 15 is 0 Å². The largest absolute Gasteiger partial charge is 0.217 e. The van der Waals surface area contributed by atoms with Crippen LogP contribution in [0.25, 0.3) is 10.7 Å². The summed E-state index contributed by atoms with van der Waals surface area (Å²) in [7, 11) is 0. The minimum absolute atomic E-state index is 0.320. The zero-order chi connectivity index (χ0) is 9.26. The van der Waals surface area contributed by atoms with Crippen LogP contribution in [0.1, 0.15) is 0 Å². The van der Waals surface area contributed by atoms with E-state index < -0.39 is 5.95 Å². The number of aromatic nitrogens is 3. The molecule has 2 aromatic heterocycles. The predicted octanol–water partition coefficient (Wildman–Crippen LogP) is 2.39. The zero-order valence-electron chi connectivity index (χ0n) is 6.24. The van der Waals surface area contributed by atoms with Gasteiger partial charge in [-0.1, -0.05) is 17.4 Å². The van der Waals surface area contributed by atoms with Crippen LogP contribution in [0.3, 0.4) is 0 Å². The number of halogens is 2. The molecule has 0 aromatic carbocycles. The molecule has 0 saturated carbocycles. The van der Waals surface area contributed by atoms with Crippen molar-refractivity contribution < 1.29 is 4.39 Å². The van der Waals surface area contributed by atoms with E-state index in [0.29, 0.717) is 15.2 Å². The van der Waals surface area contributed by atoms with Gasteiger partial charge in [0.2, 0.25) is 10.4 Å². The first-order valence-corrected chi connectivity index (χ1v) is 4.57. The summed E-state index contributed by atoms with van der Waals surface area (Å²) in [5.74, 6) is -0.538. The van der Waals surface area contributed by atoms with Crippen molar-refractivity contribution >= 4 is 22.9 Å². The van der Waals surface area contributed by atoms with Crippen molar-refractivity contribution in [3.63, 3.8) is 0 Å². The molecule has 0 saturated heterocycles. The second-order valence-electron chi connectivity index (χ2n) is 2.21. The van der Waals surface area contributed by atoms with Gasteiger partial charge in [-0.25, -0.2) is 4.98 Å². The van der Waals surface area contributed by atoms with Gasteiger partial charge in [0.15, 0.2) is 5.01 Å². The van der Waals surface area contributed by atoms with Gasteiger partial charge >= 0.3 is 0 Å². The second kappa shape index (κ2) is 3.35. The standard InChI is InChI=1S/C7H3ClFN3S/c8-7-12-11-6(13-7)4-2-1-3-5(9)10-4/h1-3H. The first-order chi connectivity index (χ1) is 6.25. The Kier molecular flexibility index (Phi) is 2.20. The molecule has 0 atom stereocenters. The lowest BCUT2D eigenvalue weighted by molar-refractivity contribution is 0.585. The van der Waals surface area contributed by atoms with Gasteiger partial charge in [-0.2, -0.15) is 4.39 Å². The summed E-state index contributed by atoms with van der Waals surface area (Å²) < 4.78 is 13.0. The molecule has 0 fully saturated rings. The molecule has 0 aliphatic rings. The zero-order valence-corrected chi connectivity index (χ0v) is 7.81. The lowest BCUT2D eigenvalue weighted by Gasteiger charge is -1.92. The van der Waals surface area contributed by atoms with Crippen molar-refractivity contribution in [3.05, 3.63) is 28.6 Å². The van der Waals surface area contributed by atoms with Gasteiger partial charge in [0.1, 0.15) is 5.69 Å². The third-order valence-corrected chi connectivity index (χ3v) is 2.38. The molecule has 2 heterocycles. The summed E-state index contributed by atoms with van der Waals surface area (Å²) in [6.45, 7) is 0. The van der Waals surface area contributed by atoms with Crippen LogP contribution < -0.4 is 0 Å². The molecule has 3 nitrogen and oxygen atoms in total. The molecule has 0 amide bonds. The summed E-state index contributed by atoms with van der Waals surface area (Å²) >= 11 is 6.74. The van der Waals surface area contributed by atoms with Gasteiger partial charge in [-0.05, 0) is 23.7 Å². The molecule has 2 aromatic rings. The van der Waals surface area contributed by atoms with Crippen LogP contribution in [0.5, 0.6) is 0 Å². The summed E-state index contributed by atoms with van der Waals surface area (Å²) in [6, 6.07) is 4.49. The number of hydrogen-bond donors (Lipinski definition) is 0. The summed E-state index contributed by atoms with van der Waals surface area (Å²) in [6.07, 6.45) is 0. The quantitative estimate of drug-likeness (QED) is 0.686. The predicted molar refractivity (Wildman–Crippen MR) is 48.1 cm³/mol. The molecule has 2 rings (SSSR count). The SMILES string of the molecule is Fc1cccc(-c2nnc(Cl)s2)n1. The fourth-order valence-electron chi connectivity index (χ4n) is 0.836. The monoisotopic (exact) mass is 215 g/mol. The smallest absolute Gasteiger partial charge is 0.213 e. The maximum absolute atomic E-state index is 12.7. The van der Waals surface area contributed by atoms with Gasteiger partial charge in [0.25, 0.3) is 0 Å². The van der Waals surface area contributed by atoms with E-state index in [9.17, 15) is 4.39 Å². The van der Waals surface area contributed by atoms with Crippen molar-refractivity contribution in [3.8, 4) is 10.7 Å². The average Bonchev–Trinajstić information content (AvgIpc) is 2.52. The van der Waals surface area contributed by atoms with Gasteiger partial charge in [0, 0.05) is 0 Å². The van der Waals surface area contributed by atoms with Gasteiger partial charge in [-0.3, -0.25) is 0 Å². The Hall–Kier alpha value is -1.07. The Morgan fingerprint density at radius 3 is 2.77 bits per heavy atom. The van der Waals surface area contributed by atoms with Gasteiger partial charge < -0.3 is 0 Å². The molecule has 0 aliphatic heterocycles. The van der Waals surface area contributed by atoms with Crippen LogP contribution in [0.2, 0.25) is 4.47 Å². The van der Waals surface area contributed by atoms with Crippen molar-refractivity contribution in [2.24, 2.45) is 0 Å². The van der Waals surface area contributed by atoms with E-state index in [0.717, 1.165) is 11.3 Å². The lowest BCUT2D eigenvalue weighted by atomic mass is 10.4. The average molecular weight is 216 g/mol. The fourth-order valence-corrected chi connectivity index (χ4v) is 1.63.